The van der Waals surface area contributed by atoms with Crippen molar-refractivity contribution in [1.29, 1.82) is 0 Å². The van der Waals surface area contributed by atoms with Gasteiger partial charge in [-0.15, -0.1) is 10.2 Å². The summed E-state index contributed by atoms with van der Waals surface area (Å²) in [5.41, 5.74) is 5.83. The molecule has 3 aromatic rings. The summed E-state index contributed by atoms with van der Waals surface area (Å²) in [5.74, 6) is -1.03. The highest BCUT2D eigenvalue weighted by Crippen LogP contribution is 2.33. The van der Waals surface area contributed by atoms with Gasteiger partial charge in [0.05, 0.1) is 17.7 Å². The summed E-state index contributed by atoms with van der Waals surface area (Å²) in [5, 5.41) is 8.14. The predicted octanol–water partition coefficient (Wildman–Crippen LogP) is 3.96. The molecule has 0 saturated heterocycles. The fourth-order valence-electron chi connectivity index (χ4n) is 3.13. The Bertz CT molecular complexity index is 1110. The molecule has 3 heterocycles. The minimum atomic E-state index is -4.61. The molecule has 162 valence electrons. The van der Waals surface area contributed by atoms with Crippen LogP contribution in [0.1, 0.15) is 28.8 Å². The van der Waals surface area contributed by atoms with E-state index in [-0.39, 0.29) is 16.8 Å². The lowest BCUT2D eigenvalue weighted by Gasteiger charge is -2.23. The number of hydrogen-bond acceptors (Lipinski definition) is 6. The van der Waals surface area contributed by atoms with Crippen molar-refractivity contribution in [3.8, 4) is 0 Å². The number of alkyl halides is 3. The van der Waals surface area contributed by atoms with Crippen LogP contribution in [0.15, 0.2) is 58.3 Å². The van der Waals surface area contributed by atoms with Crippen LogP contribution < -0.4 is 5.43 Å². The molecule has 7 nitrogen and oxygen atoms in total. The fraction of sp³-hybridized carbons (Fsp3) is 0.250. The molecule has 0 saturated carbocycles. The van der Waals surface area contributed by atoms with Crippen LogP contribution in [0.5, 0.6) is 0 Å². The molecule has 1 amide bonds. The number of hydrogen-bond donors (Lipinski definition) is 1. The molecule has 0 fully saturated rings. The van der Waals surface area contributed by atoms with Crippen LogP contribution in [-0.2, 0) is 18.0 Å². The Hall–Kier alpha value is -3.21. The maximum absolute atomic E-state index is 13.0. The van der Waals surface area contributed by atoms with E-state index in [1.807, 2.05) is 37.3 Å². The average Bonchev–Trinajstić information content (AvgIpc) is 3.45. The highest BCUT2D eigenvalue weighted by Gasteiger charge is 2.38. The summed E-state index contributed by atoms with van der Waals surface area (Å²) in [6.45, 7) is 1.98. The van der Waals surface area contributed by atoms with Crippen LogP contribution in [0.2, 0.25) is 0 Å². The van der Waals surface area contributed by atoms with E-state index < -0.39 is 18.0 Å². The van der Waals surface area contributed by atoms with Crippen molar-refractivity contribution < 1.29 is 22.4 Å². The smallest absolute Gasteiger partial charge is 0.451 e. The van der Waals surface area contributed by atoms with Gasteiger partial charge in [0.15, 0.2) is 5.16 Å². The number of rotatable bonds is 5. The van der Waals surface area contributed by atoms with Gasteiger partial charge in [-0.3, -0.25) is 10.2 Å². The molecular formula is C20H18F3N5O2S. The Balaban J connectivity index is 1.52. The molecule has 4 rings (SSSR count). The van der Waals surface area contributed by atoms with Gasteiger partial charge in [0, 0.05) is 7.05 Å². The first-order valence-corrected chi connectivity index (χ1v) is 10.2. The van der Waals surface area contributed by atoms with Crippen molar-refractivity contribution >= 4 is 23.4 Å². The van der Waals surface area contributed by atoms with Crippen molar-refractivity contribution in [3.63, 3.8) is 0 Å². The molecule has 0 bridgehead atoms. The number of carbonyl (C=O) groups is 1. The lowest BCUT2D eigenvalue weighted by Crippen LogP contribution is -2.40. The fourth-order valence-corrected chi connectivity index (χ4v) is 3.90. The number of benzene rings is 1. The third kappa shape index (κ3) is 4.31. The van der Waals surface area contributed by atoms with E-state index in [1.165, 1.54) is 18.3 Å². The van der Waals surface area contributed by atoms with Crippen molar-refractivity contribution in [1.82, 2.24) is 25.2 Å². The number of halogens is 3. The number of carbonyl (C=O) groups excluding carboxylic acids is 1. The van der Waals surface area contributed by atoms with E-state index >= 15 is 0 Å². The van der Waals surface area contributed by atoms with Gasteiger partial charge in [0.2, 0.25) is 5.82 Å². The molecule has 0 radical (unpaired) electrons. The van der Waals surface area contributed by atoms with Gasteiger partial charge in [-0.25, -0.2) is 5.01 Å². The summed E-state index contributed by atoms with van der Waals surface area (Å²) >= 11 is 0.882. The Morgan fingerprint density at radius 3 is 2.58 bits per heavy atom. The second kappa shape index (κ2) is 8.14. The normalized spacial score (nSPS) is 16.4. The topological polar surface area (TPSA) is 76.2 Å². The van der Waals surface area contributed by atoms with Gasteiger partial charge in [-0.05, 0) is 30.7 Å². The molecule has 0 aliphatic carbocycles. The van der Waals surface area contributed by atoms with Gasteiger partial charge in [0.1, 0.15) is 11.8 Å². The van der Waals surface area contributed by atoms with E-state index in [1.54, 1.807) is 12.1 Å². The zero-order chi connectivity index (χ0) is 22.2. The van der Waals surface area contributed by atoms with E-state index in [9.17, 15) is 18.0 Å². The van der Waals surface area contributed by atoms with Crippen LogP contribution in [0, 0.1) is 6.92 Å². The number of furan rings is 1. The van der Waals surface area contributed by atoms with Crippen molar-refractivity contribution in [2.24, 2.45) is 7.05 Å². The molecule has 1 aliphatic heterocycles. The monoisotopic (exact) mass is 449 g/mol. The van der Waals surface area contributed by atoms with Crippen molar-refractivity contribution in [2.75, 3.05) is 5.75 Å². The second-order valence-electron chi connectivity index (χ2n) is 6.93. The number of aryl methyl sites for hydroxylation is 1. The first-order chi connectivity index (χ1) is 14.7. The molecule has 1 atom stereocenters. The molecule has 1 aromatic carbocycles. The first-order valence-electron chi connectivity index (χ1n) is 9.24. The zero-order valence-electron chi connectivity index (χ0n) is 16.6. The summed E-state index contributed by atoms with van der Waals surface area (Å²) in [7, 11) is 1.21. The number of thioether (sulfide) groups is 1. The van der Waals surface area contributed by atoms with Crippen LogP contribution in [0.3, 0.4) is 0 Å². The Labute approximate surface area is 179 Å². The van der Waals surface area contributed by atoms with Crippen molar-refractivity contribution in [2.45, 2.75) is 24.3 Å². The molecule has 11 heteroatoms. The number of nitrogens with one attached hydrogen (secondary N) is 1. The first kappa shape index (κ1) is 21.0. The van der Waals surface area contributed by atoms with Crippen LogP contribution in [-0.4, -0.2) is 31.4 Å². The second-order valence-corrected chi connectivity index (χ2v) is 7.88. The maximum atomic E-state index is 13.0. The van der Waals surface area contributed by atoms with Gasteiger partial charge < -0.3 is 8.98 Å². The van der Waals surface area contributed by atoms with E-state index in [0.29, 0.717) is 5.76 Å². The van der Waals surface area contributed by atoms with E-state index in [2.05, 4.69) is 15.6 Å². The molecule has 1 N–H and O–H groups in total. The van der Waals surface area contributed by atoms with E-state index in [0.717, 1.165) is 33.2 Å². The molecular weight excluding hydrogens is 431 g/mol. The molecule has 1 aliphatic rings. The lowest BCUT2D eigenvalue weighted by molar-refractivity contribution is -0.147. The number of hydrazine groups is 1. The van der Waals surface area contributed by atoms with Crippen LogP contribution in [0.4, 0.5) is 13.2 Å². The molecule has 31 heavy (non-hydrogen) atoms. The van der Waals surface area contributed by atoms with Gasteiger partial charge >= 0.3 is 6.18 Å². The SMILES string of the molecule is Cc1ccc(C2=C[C@H](c3ccco3)N(C(=O)CSc3nnc(C(F)(F)F)n3C)N2)cc1. The summed E-state index contributed by atoms with van der Waals surface area (Å²) in [4.78, 5) is 13.0. The average molecular weight is 449 g/mol. The lowest BCUT2D eigenvalue weighted by atomic mass is 10.1. The van der Waals surface area contributed by atoms with Crippen LogP contribution in [0.25, 0.3) is 5.70 Å². The summed E-state index contributed by atoms with van der Waals surface area (Å²) in [6, 6.07) is 10.8. The highest BCUT2D eigenvalue weighted by molar-refractivity contribution is 7.99. The van der Waals surface area contributed by atoms with E-state index in [4.69, 9.17) is 4.42 Å². The van der Waals surface area contributed by atoms with Crippen molar-refractivity contribution in [3.05, 3.63) is 71.4 Å². The molecule has 2 aromatic heterocycles. The molecule has 0 spiro atoms. The Morgan fingerprint density at radius 1 is 1.23 bits per heavy atom. The summed E-state index contributed by atoms with van der Waals surface area (Å²) < 4.78 is 45.0. The standard InChI is InChI=1S/C20H18F3N5O2S/c1-12-5-7-13(8-6-12)14-10-15(16-4-3-9-30-16)28(26-14)17(29)11-31-19-25-24-18(27(19)2)20(21,22)23/h3-10,15,26H,11H2,1-2H3/t15-/m1/s1. The Kier molecular flexibility index (Phi) is 5.52. The zero-order valence-corrected chi connectivity index (χ0v) is 17.4. The number of nitrogens with zero attached hydrogens (tertiary/aromatic N) is 4. The van der Waals surface area contributed by atoms with Gasteiger partial charge in [0.25, 0.3) is 5.91 Å². The number of aromatic nitrogens is 3. The third-order valence-electron chi connectivity index (χ3n) is 4.72. The third-order valence-corrected chi connectivity index (χ3v) is 5.73. The van der Waals surface area contributed by atoms with Gasteiger partial charge in [-0.2, -0.15) is 13.2 Å². The predicted molar refractivity (Wildman–Crippen MR) is 107 cm³/mol. The summed E-state index contributed by atoms with van der Waals surface area (Å²) in [6.07, 6.45) is -1.23. The highest BCUT2D eigenvalue weighted by atomic mass is 32.2. The minimum Gasteiger partial charge on any atom is -0.467 e. The quantitative estimate of drug-likeness (QED) is 0.595. The largest absolute Gasteiger partial charge is 0.467 e. The van der Waals surface area contributed by atoms with Crippen LogP contribution >= 0.6 is 11.8 Å². The number of amides is 1. The molecule has 0 unspecified atom stereocenters. The maximum Gasteiger partial charge on any atom is 0.451 e. The van der Waals surface area contributed by atoms with Gasteiger partial charge in [-0.1, -0.05) is 41.6 Å². The Morgan fingerprint density at radius 2 is 1.97 bits per heavy atom. The minimum absolute atomic E-state index is 0.00105.